The molecule has 0 aliphatic heterocycles. The fourth-order valence-corrected chi connectivity index (χ4v) is 1.01. The molecule has 0 fully saturated rings. The summed E-state index contributed by atoms with van der Waals surface area (Å²) >= 11 is 0. The van der Waals surface area contributed by atoms with Crippen LogP contribution in [0.5, 0.6) is 0 Å². The molecule has 4 N–H and O–H groups in total. The van der Waals surface area contributed by atoms with Crippen molar-refractivity contribution in [3.8, 4) is 0 Å². The van der Waals surface area contributed by atoms with E-state index >= 15 is 0 Å². The van der Waals surface area contributed by atoms with Crippen molar-refractivity contribution in [2.75, 3.05) is 5.73 Å². The lowest BCUT2D eigenvalue weighted by atomic mass is 10.2. The van der Waals surface area contributed by atoms with Crippen LogP contribution in [0.3, 0.4) is 0 Å². The topological polar surface area (TPSA) is 78.6 Å². The van der Waals surface area contributed by atoms with E-state index in [0.29, 0.717) is 17.1 Å². The van der Waals surface area contributed by atoms with Crippen LogP contribution in [-0.2, 0) is 0 Å². The molecule has 0 spiro atoms. The second kappa shape index (κ2) is 5.59. The van der Waals surface area contributed by atoms with Gasteiger partial charge in [0.25, 0.3) is 0 Å². The summed E-state index contributed by atoms with van der Waals surface area (Å²) in [6, 6.07) is 7.44. The first-order valence-corrected chi connectivity index (χ1v) is 4.55. The molecule has 15 heavy (non-hydrogen) atoms. The fraction of sp³-hybridized carbons (Fsp3) is 0.0909. The van der Waals surface area contributed by atoms with Crippen LogP contribution in [-0.4, -0.2) is 15.7 Å². The van der Waals surface area contributed by atoms with Crippen LogP contribution in [0.15, 0.2) is 42.9 Å². The number of hydrogen-bond donors (Lipinski definition) is 3. The van der Waals surface area contributed by atoms with E-state index in [1.54, 1.807) is 25.3 Å². The van der Waals surface area contributed by atoms with E-state index in [9.17, 15) is 0 Å². The van der Waals surface area contributed by atoms with Crippen LogP contribution in [0.1, 0.15) is 12.5 Å². The number of nitrogens with zero attached hydrogens (tertiary/aromatic N) is 1. The van der Waals surface area contributed by atoms with Gasteiger partial charge in [-0.15, -0.1) is 0 Å². The standard InChI is InChI=1S/C7H9N3.C4H5N/c1-5(8)6-3-2-4-10-7(6)9;1-2-4-5-3-1/h2-4,8H,1H3,(H2,9,10);1-5H. The highest BCUT2D eigenvalue weighted by atomic mass is 14.8. The molecule has 0 aliphatic rings. The summed E-state index contributed by atoms with van der Waals surface area (Å²) in [5.74, 6) is 0.426. The quantitative estimate of drug-likeness (QED) is 0.619. The first-order chi connectivity index (χ1) is 7.22. The van der Waals surface area contributed by atoms with Crippen molar-refractivity contribution >= 4 is 11.5 Å². The fourth-order valence-electron chi connectivity index (χ4n) is 1.01. The number of aromatic nitrogens is 2. The molecule has 0 aliphatic carbocycles. The number of nitrogens with one attached hydrogen (secondary N) is 2. The summed E-state index contributed by atoms with van der Waals surface area (Å²) < 4.78 is 0. The van der Waals surface area contributed by atoms with Gasteiger partial charge in [0.15, 0.2) is 0 Å². The Bertz CT molecular complexity index is 389. The van der Waals surface area contributed by atoms with Crippen LogP contribution in [0.2, 0.25) is 0 Å². The SMILES string of the molecule is CC(=N)c1cccnc1N.c1cc[nH]c1. The third-order valence-electron chi connectivity index (χ3n) is 1.74. The number of aromatic amines is 1. The van der Waals surface area contributed by atoms with Gasteiger partial charge < -0.3 is 16.1 Å². The first-order valence-electron chi connectivity index (χ1n) is 4.55. The summed E-state index contributed by atoms with van der Waals surface area (Å²) in [4.78, 5) is 6.70. The van der Waals surface area contributed by atoms with Crippen molar-refractivity contribution in [1.82, 2.24) is 9.97 Å². The molecule has 0 unspecified atom stereocenters. The van der Waals surface area contributed by atoms with E-state index in [0.717, 1.165) is 0 Å². The smallest absolute Gasteiger partial charge is 0.132 e. The highest BCUT2D eigenvalue weighted by Gasteiger charge is 1.98. The Labute approximate surface area is 88.7 Å². The molecular weight excluding hydrogens is 188 g/mol. The van der Waals surface area contributed by atoms with Gasteiger partial charge in [0.2, 0.25) is 0 Å². The number of H-pyrrole nitrogens is 1. The molecule has 2 rings (SSSR count). The van der Waals surface area contributed by atoms with Crippen molar-refractivity contribution in [3.05, 3.63) is 48.4 Å². The Morgan fingerprint density at radius 1 is 1.33 bits per heavy atom. The predicted molar refractivity (Wildman–Crippen MR) is 61.9 cm³/mol. The third kappa shape index (κ3) is 3.64. The van der Waals surface area contributed by atoms with Gasteiger partial charge in [-0.3, -0.25) is 0 Å². The van der Waals surface area contributed by atoms with Crippen LogP contribution in [0.25, 0.3) is 0 Å². The zero-order chi connectivity index (χ0) is 11.1. The Kier molecular flexibility index (Phi) is 4.09. The molecule has 0 atom stereocenters. The predicted octanol–water partition coefficient (Wildman–Crippen LogP) is 2.07. The minimum Gasteiger partial charge on any atom is -0.383 e. The maximum absolute atomic E-state index is 7.26. The lowest BCUT2D eigenvalue weighted by Gasteiger charge is -1.99. The normalized spacial score (nSPS) is 8.87. The summed E-state index contributed by atoms with van der Waals surface area (Å²) in [6.07, 6.45) is 5.36. The van der Waals surface area contributed by atoms with Gasteiger partial charge in [-0.05, 0) is 31.2 Å². The second-order valence-electron chi connectivity index (χ2n) is 2.95. The largest absolute Gasteiger partial charge is 0.383 e. The lowest BCUT2D eigenvalue weighted by molar-refractivity contribution is 1.31. The zero-order valence-electron chi connectivity index (χ0n) is 8.57. The Morgan fingerprint density at radius 2 is 2.00 bits per heavy atom. The Hall–Kier alpha value is -2.10. The molecule has 2 heterocycles. The van der Waals surface area contributed by atoms with Crippen molar-refractivity contribution < 1.29 is 0 Å². The molecule has 2 aromatic rings. The van der Waals surface area contributed by atoms with Gasteiger partial charge in [0.1, 0.15) is 5.82 Å². The molecule has 0 bridgehead atoms. The average Bonchev–Trinajstić information content (AvgIpc) is 2.75. The highest BCUT2D eigenvalue weighted by Crippen LogP contribution is 2.06. The van der Waals surface area contributed by atoms with Gasteiger partial charge in [-0.25, -0.2) is 4.98 Å². The van der Waals surface area contributed by atoms with E-state index in [2.05, 4.69) is 9.97 Å². The molecule has 4 heteroatoms. The molecule has 4 nitrogen and oxygen atoms in total. The number of hydrogen-bond acceptors (Lipinski definition) is 3. The molecular formula is C11H14N4. The minimum atomic E-state index is 0.426. The van der Waals surface area contributed by atoms with Gasteiger partial charge in [-0.1, -0.05) is 0 Å². The number of pyridine rings is 1. The number of nitrogens with two attached hydrogens (primary N) is 1. The van der Waals surface area contributed by atoms with Gasteiger partial charge in [-0.2, -0.15) is 0 Å². The summed E-state index contributed by atoms with van der Waals surface area (Å²) in [5, 5.41) is 7.26. The van der Waals surface area contributed by atoms with E-state index < -0.39 is 0 Å². The van der Waals surface area contributed by atoms with Crippen LogP contribution in [0, 0.1) is 5.41 Å². The van der Waals surface area contributed by atoms with E-state index in [1.807, 2.05) is 24.5 Å². The molecule has 0 aromatic carbocycles. The minimum absolute atomic E-state index is 0.426. The summed E-state index contributed by atoms with van der Waals surface area (Å²) in [7, 11) is 0. The average molecular weight is 202 g/mol. The summed E-state index contributed by atoms with van der Waals surface area (Å²) in [5.41, 5.74) is 6.63. The first kappa shape index (κ1) is 11.0. The van der Waals surface area contributed by atoms with Crippen molar-refractivity contribution in [2.24, 2.45) is 0 Å². The third-order valence-corrected chi connectivity index (χ3v) is 1.74. The van der Waals surface area contributed by atoms with E-state index in [4.69, 9.17) is 11.1 Å². The van der Waals surface area contributed by atoms with Crippen LogP contribution < -0.4 is 5.73 Å². The van der Waals surface area contributed by atoms with Gasteiger partial charge in [0.05, 0.1) is 0 Å². The summed E-state index contributed by atoms with van der Waals surface area (Å²) in [6.45, 7) is 1.69. The van der Waals surface area contributed by atoms with Crippen molar-refractivity contribution in [3.63, 3.8) is 0 Å². The second-order valence-corrected chi connectivity index (χ2v) is 2.95. The molecule has 0 saturated heterocycles. The molecule has 2 aromatic heterocycles. The molecule has 78 valence electrons. The number of nitrogen functional groups attached to an aromatic ring is 1. The van der Waals surface area contributed by atoms with Crippen LogP contribution in [0.4, 0.5) is 5.82 Å². The number of anilines is 1. The number of rotatable bonds is 1. The van der Waals surface area contributed by atoms with Gasteiger partial charge in [0, 0.05) is 29.9 Å². The molecule has 0 amide bonds. The van der Waals surface area contributed by atoms with E-state index in [1.165, 1.54) is 0 Å². The van der Waals surface area contributed by atoms with Crippen LogP contribution >= 0.6 is 0 Å². The molecule has 0 radical (unpaired) electrons. The van der Waals surface area contributed by atoms with Crippen molar-refractivity contribution in [2.45, 2.75) is 6.92 Å². The Morgan fingerprint density at radius 3 is 2.33 bits per heavy atom. The Balaban J connectivity index is 0.000000187. The lowest BCUT2D eigenvalue weighted by Crippen LogP contribution is -2.00. The van der Waals surface area contributed by atoms with Crippen molar-refractivity contribution in [1.29, 1.82) is 5.41 Å². The maximum atomic E-state index is 7.26. The molecule has 0 saturated carbocycles. The van der Waals surface area contributed by atoms with E-state index in [-0.39, 0.29) is 0 Å². The maximum Gasteiger partial charge on any atom is 0.132 e. The monoisotopic (exact) mass is 202 g/mol. The highest BCUT2D eigenvalue weighted by molar-refractivity contribution is 5.99. The van der Waals surface area contributed by atoms with Gasteiger partial charge >= 0.3 is 0 Å². The zero-order valence-corrected chi connectivity index (χ0v) is 8.57.